The van der Waals surface area contributed by atoms with Crippen molar-refractivity contribution in [1.29, 1.82) is 0 Å². The fraction of sp³-hybridized carbons (Fsp3) is 0.727. The molecule has 1 aliphatic rings. The number of nitrogens with one attached hydrogen (secondary N) is 1. The monoisotopic (exact) mass is 287 g/mol. The third kappa shape index (κ3) is 3.84. The summed E-state index contributed by atoms with van der Waals surface area (Å²) < 4.78 is 0.711. The number of carboxylic acid groups (broad SMARTS) is 1. The van der Waals surface area contributed by atoms with Crippen molar-refractivity contribution in [2.45, 2.75) is 43.0 Å². The van der Waals surface area contributed by atoms with E-state index in [1.165, 1.54) is 48.8 Å². The summed E-state index contributed by atoms with van der Waals surface area (Å²) >= 11 is 2.65. The zero-order valence-electron chi connectivity index (χ0n) is 10.3. The molecule has 0 saturated heterocycles. The fourth-order valence-electron chi connectivity index (χ4n) is 2.14. The summed E-state index contributed by atoms with van der Waals surface area (Å²) in [6.07, 6.45) is 5.02. The number of aliphatic carboxylic acids is 1. The van der Waals surface area contributed by atoms with Crippen LogP contribution in [-0.4, -0.2) is 33.1 Å². The Labute approximate surface area is 114 Å². The molecule has 1 aromatic rings. The lowest BCUT2D eigenvalue weighted by atomic mass is 9.86. The molecule has 2 N–H and O–H groups in total. The smallest absolute Gasteiger partial charge is 0.313 e. The first-order chi connectivity index (χ1) is 8.65. The predicted octanol–water partition coefficient (Wildman–Crippen LogP) is 2.71. The van der Waals surface area contributed by atoms with Crippen molar-refractivity contribution >= 4 is 34.2 Å². The van der Waals surface area contributed by atoms with E-state index in [1.54, 1.807) is 0 Å². The van der Waals surface area contributed by atoms with Crippen molar-refractivity contribution in [1.82, 2.24) is 10.2 Å². The van der Waals surface area contributed by atoms with Gasteiger partial charge in [0.25, 0.3) is 0 Å². The van der Waals surface area contributed by atoms with Crippen LogP contribution in [0.1, 0.15) is 32.6 Å². The highest BCUT2D eigenvalue weighted by molar-refractivity contribution is 8.01. The maximum atomic E-state index is 10.5. The lowest BCUT2D eigenvalue weighted by Gasteiger charge is -2.29. The van der Waals surface area contributed by atoms with Crippen molar-refractivity contribution in [3.05, 3.63) is 0 Å². The molecule has 1 aliphatic carbocycles. The van der Waals surface area contributed by atoms with Gasteiger partial charge < -0.3 is 10.4 Å². The number of aromatic nitrogens is 2. The van der Waals surface area contributed by atoms with Crippen molar-refractivity contribution in [3.8, 4) is 0 Å². The van der Waals surface area contributed by atoms with Crippen molar-refractivity contribution in [2.75, 3.05) is 11.1 Å². The first kappa shape index (κ1) is 13.6. The topological polar surface area (TPSA) is 75.1 Å². The lowest BCUT2D eigenvalue weighted by molar-refractivity contribution is -0.133. The van der Waals surface area contributed by atoms with Crippen LogP contribution in [0.3, 0.4) is 0 Å². The number of rotatable bonds is 5. The van der Waals surface area contributed by atoms with Gasteiger partial charge in [-0.25, -0.2) is 0 Å². The molecule has 1 saturated carbocycles. The van der Waals surface area contributed by atoms with Gasteiger partial charge in [0.05, 0.1) is 5.75 Å². The summed E-state index contributed by atoms with van der Waals surface area (Å²) in [6.45, 7) is 2.26. The molecule has 0 bridgehead atoms. The Hall–Kier alpha value is -0.820. The maximum absolute atomic E-state index is 10.5. The quantitative estimate of drug-likeness (QED) is 0.811. The summed E-state index contributed by atoms with van der Waals surface area (Å²) in [5.74, 6) is -0.127. The summed E-state index contributed by atoms with van der Waals surface area (Å²) in [5, 5.41) is 20.9. The molecule has 2 unspecified atom stereocenters. The van der Waals surface area contributed by atoms with Crippen molar-refractivity contribution in [2.24, 2.45) is 5.92 Å². The molecular weight excluding hydrogens is 270 g/mol. The number of hydrogen-bond acceptors (Lipinski definition) is 6. The summed E-state index contributed by atoms with van der Waals surface area (Å²) in [4.78, 5) is 10.5. The molecule has 18 heavy (non-hydrogen) atoms. The fourth-order valence-corrected chi connectivity index (χ4v) is 3.67. The number of carbonyl (C=O) groups is 1. The van der Waals surface area contributed by atoms with E-state index in [2.05, 4.69) is 22.4 Å². The van der Waals surface area contributed by atoms with Crippen LogP contribution >= 0.6 is 23.1 Å². The molecule has 0 aromatic carbocycles. The second-order valence-electron chi connectivity index (χ2n) is 4.57. The second kappa shape index (κ2) is 6.38. The molecule has 2 atom stereocenters. The zero-order valence-corrected chi connectivity index (χ0v) is 11.9. The molecule has 0 amide bonds. The molecule has 1 fully saturated rings. The molecule has 7 heteroatoms. The Kier molecular flexibility index (Phi) is 4.82. The molecule has 100 valence electrons. The Morgan fingerprint density at radius 1 is 1.50 bits per heavy atom. The average molecular weight is 287 g/mol. The van der Waals surface area contributed by atoms with E-state index in [1.807, 2.05) is 0 Å². The second-order valence-corrected chi connectivity index (χ2v) is 6.77. The third-order valence-electron chi connectivity index (χ3n) is 3.15. The first-order valence-electron chi connectivity index (χ1n) is 6.10. The van der Waals surface area contributed by atoms with E-state index in [-0.39, 0.29) is 5.75 Å². The first-order valence-corrected chi connectivity index (χ1v) is 7.90. The van der Waals surface area contributed by atoms with Gasteiger partial charge in [0, 0.05) is 6.04 Å². The van der Waals surface area contributed by atoms with Crippen molar-refractivity contribution in [3.63, 3.8) is 0 Å². The zero-order chi connectivity index (χ0) is 13.0. The average Bonchev–Trinajstić information content (AvgIpc) is 2.77. The number of thioether (sulfide) groups is 1. The SMILES string of the molecule is CC1CCCCC1Nc1nnc(SCC(=O)O)s1. The highest BCUT2D eigenvalue weighted by Crippen LogP contribution is 2.30. The van der Waals surface area contributed by atoms with Crippen LogP contribution in [0.25, 0.3) is 0 Å². The number of carboxylic acids is 1. The minimum atomic E-state index is -0.828. The summed E-state index contributed by atoms with van der Waals surface area (Å²) in [7, 11) is 0. The van der Waals surface area contributed by atoms with E-state index >= 15 is 0 Å². The van der Waals surface area contributed by atoms with Gasteiger partial charge in [-0.3, -0.25) is 4.79 Å². The molecule has 0 aliphatic heterocycles. The lowest BCUT2D eigenvalue weighted by Crippen LogP contribution is -2.30. The Balaban J connectivity index is 1.87. The van der Waals surface area contributed by atoms with Crippen LogP contribution in [-0.2, 0) is 4.79 Å². The van der Waals surface area contributed by atoms with Crippen LogP contribution in [0.4, 0.5) is 5.13 Å². The van der Waals surface area contributed by atoms with Crippen LogP contribution in [0.2, 0.25) is 0 Å². The molecule has 1 heterocycles. The van der Waals surface area contributed by atoms with Crippen LogP contribution in [0.5, 0.6) is 0 Å². The van der Waals surface area contributed by atoms with Crippen molar-refractivity contribution < 1.29 is 9.90 Å². The van der Waals surface area contributed by atoms with E-state index in [4.69, 9.17) is 5.11 Å². The normalized spacial score (nSPS) is 23.8. The molecule has 2 rings (SSSR count). The molecule has 0 radical (unpaired) electrons. The number of nitrogens with zero attached hydrogens (tertiary/aromatic N) is 2. The number of anilines is 1. The van der Waals surface area contributed by atoms with E-state index < -0.39 is 5.97 Å². The largest absolute Gasteiger partial charge is 0.481 e. The molecule has 5 nitrogen and oxygen atoms in total. The van der Waals surface area contributed by atoms with Gasteiger partial charge in [-0.2, -0.15) is 0 Å². The predicted molar refractivity (Wildman–Crippen MR) is 73.3 cm³/mol. The van der Waals surface area contributed by atoms with Crippen LogP contribution in [0.15, 0.2) is 4.34 Å². The van der Waals surface area contributed by atoms with Gasteiger partial charge in [-0.05, 0) is 18.8 Å². The minimum Gasteiger partial charge on any atom is -0.481 e. The van der Waals surface area contributed by atoms with Gasteiger partial charge in [0.2, 0.25) is 5.13 Å². The van der Waals surface area contributed by atoms with Gasteiger partial charge >= 0.3 is 5.97 Å². The molecular formula is C11H17N3O2S2. The molecule has 0 spiro atoms. The van der Waals surface area contributed by atoms with Crippen LogP contribution in [0, 0.1) is 5.92 Å². The van der Waals surface area contributed by atoms with Gasteiger partial charge in [-0.1, -0.05) is 42.9 Å². The Bertz CT molecular complexity index is 411. The Morgan fingerprint density at radius 3 is 3.00 bits per heavy atom. The summed E-state index contributed by atoms with van der Waals surface area (Å²) in [5.41, 5.74) is 0. The van der Waals surface area contributed by atoms with E-state index in [9.17, 15) is 4.79 Å². The minimum absolute atomic E-state index is 0.0362. The van der Waals surface area contributed by atoms with Gasteiger partial charge in [0.15, 0.2) is 4.34 Å². The number of hydrogen-bond donors (Lipinski definition) is 2. The van der Waals surface area contributed by atoms with E-state index in [0.29, 0.717) is 16.3 Å². The highest BCUT2D eigenvalue weighted by atomic mass is 32.2. The standard InChI is InChI=1S/C11H17N3O2S2/c1-7-4-2-3-5-8(7)12-10-13-14-11(18-10)17-6-9(15)16/h7-8H,2-6H2,1H3,(H,12,13)(H,15,16). The third-order valence-corrected chi connectivity index (χ3v) is 5.12. The maximum Gasteiger partial charge on any atom is 0.313 e. The van der Waals surface area contributed by atoms with Crippen LogP contribution < -0.4 is 5.32 Å². The summed E-state index contributed by atoms with van der Waals surface area (Å²) in [6, 6.07) is 0.476. The highest BCUT2D eigenvalue weighted by Gasteiger charge is 2.22. The van der Waals surface area contributed by atoms with Gasteiger partial charge in [-0.15, -0.1) is 10.2 Å². The van der Waals surface area contributed by atoms with E-state index in [0.717, 1.165) is 5.13 Å². The van der Waals surface area contributed by atoms with Gasteiger partial charge in [0.1, 0.15) is 0 Å². The Morgan fingerprint density at radius 2 is 2.28 bits per heavy atom. The molecule has 1 aromatic heterocycles.